The van der Waals surface area contributed by atoms with E-state index in [0.717, 1.165) is 37.6 Å². The van der Waals surface area contributed by atoms with E-state index < -0.39 is 0 Å². The molecule has 0 amide bonds. The van der Waals surface area contributed by atoms with Gasteiger partial charge in [-0.2, -0.15) is 0 Å². The number of halogens is 1. The second-order valence-corrected chi connectivity index (χ2v) is 5.50. The molecule has 1 saturated heterocycles. The maximum absolute atomic E-state index is 12.8. The lowest BCUT2D eigenvalue weighted by Gasteiger charge is -2.31. The number of hydrogen-bond acceptors (Lipinski definition) is 2. The zero-order valence-corrected chi connectivity index (χ0v) is 12.2. The molecule has 0 spiro atoms. The molecule has 20 heavy (non-hydrogen) atoms. The largest absolute Gasteiger partial charge is 0.385 e. The number of benzene rings is 1. The summed E-state index contributed by atoms with van der Waals surface area (Å²) in [4.78, 5) is 2.49. The Balaban J connectivity index is 1.76. The molecule has 1 aromatic carbocycles. The molecule has 0 aromatic heterocycles. The fourth-order valence-corrected chi connectivity index (χ4v) is 2.75. The van der Waals surface area contributed by atoms with Crippen LogP contribution in [0.5, 0.6) is 0 Å². The van der Waals surface area contributed by atoms with Crippen molar-refractivity contribution in [2.45, 2.75) is 19.3 Å². The third-order valence-corrected chi connectivity index (χ3v) is 3.88. The highest BCUT2D eigenvalue weighted by atomic mass is 19.1. The summed E-state index contributed by atoms with van der Waals surface area (Å²) in [6.07, 6.45) is 8.00. The van der Waals surface area contributed by atoms with E-state index in [-0.39, 0.29) is 5.82 Å². The van der Waals surface area contributed by atoms with E-state index in [1.165, 1.54) is 31.5 Å². The van der Waals surface area contributed by atoms with E-state index in [9.17, 15) is 4.39 Å². The summed E-state index contributed by atoms with van der Waals surface area (Å²) in [7, 11) is 1.77. The molecule has 1 atom stereocenters. The Morgan fingerprint density at radius 2 is 2.15 bits per heavy atom. The highest BCUT2D eigenvalue weighted by Gasteiger charge is 2.18. The predicted octanol–water partition coefficient (Wildman–Crippen LogP) is 3.59. The number of hydrogen-bond donors (Lipinski definition) is 0. The normalized spacial score (nSPS) is 20.6. The van der Waals surface area contributed by atoms with Gasteiger partial charge in [-0.05, 0) is 49.4 Å². The molecular formula is C17H24FNO. The van der Waals surface area contributed by atoms with Gasteiger partial charge in [0.15, 0.2) is 0 Å². The van der Waals surface area contributed by atoms with Crippen molar-refractivity contribution < 1.29 is 9.13 Å². The van der Waals surface area contributed by atoms with Crippen LogP contribution in [0, 0.1) is 11.7 Å². The molecule has 1 heterocycles. The standard InChI is InChI=1S/C17H24FNO/c1-20-13-10-16-5-3-12-19(14-16)11-2-4-15-6-8-17(18)9-7-15/h2,4,6-9,16H,3,5,10-14H2,1H3/b4-2+. The first kappa shape index (κ1) is 15.2. The zero-order valence-electron chi connectivity index (χ0n) is 12.2. The van der Waals surface area contributed by atoms with Crippen molar-refractivity contribution >= 4 is 6.08 Å². The Labute approximate surface area is 121 Å². The van der Waals surface area contributed by atoms with Crippen molar-refractivity contribution in [3.05, 3.63) is 41.7 Å². The number of methoxy groups -OCH3 is 1. The third kappa shape index (κ3) is 5.06. The van der Waals surface area contributed by atoms with Crippen LogP contribution in [-0.2, 0) is 4.74 Å². The van der Waals surface area contributed by atoms with E-state index in [4.69, 9.17) is 4.74 Å². The van der Waals surface area contributed by atoms with Crippen molar-refractivity contribution in [3.8, 4) is 0 Å². The summed E-state index contributed by atoms with van der Waals surface area (Å²) in [6, 6.07) is 6.62. The Morgan fingerprint density at radius 1 is 1.35 bits per heavy atom. The van der Waals surface area contributed by atoms with Crippen LogP contribution in [0.1, 0.15) is 24.8 Å². The van der Waals surface area contributed by atoms with Gasteiger partial charge in [-0.1, -0.05) is 24.3 Å². The number of ether oxygens (including phenoxy) is 1. The summed E-state index contributed by atoms with van der Waals surface area (Å²) in [6.45, 7) is 4.18. The van der Waals surface area contributed by atoms with Gasteiger partial charge in [0.1, 0.15) is 5.82 Å². The Hall–Kier alpha value is -1.19. The second-order valence-electron chi connectivity index (χ2n) is 5.50. The van der Waals surface area contributed by atoms with Crippen molar-refractivity contribution in [1.82, 2.24) is 4.90 Å². The van der Waals surface area contributed by atoms with Gasteiger partial charge in [0.05, 0.1) is 0 Å². The summed E-state index contributed by atoms with van der Waals surface area (Å²) in [5.74, 6) is 0.585. The van der Waals surface area contributed by atoms with Crippen LogP contribution < -0.4 is 0 Å². The molecule has 3 heteroatoms. The molecule has 0 saturated carbocycles. The van der Waals surface area contributed by atoms with E-state index in [1.54, 1.807) is 7.11 Å². The monoisotopic (exact) mass is 277 g/mol. The zero-order chi connectivity index (χ0) is 14.2. The fraction of sp³-hybridized carbons (Fsp3) is 0.529. The molecule has 2 rings (SSSR count). The molecule has 1 aromatic rings. The SMILES string of the molecule is COCCC1CCCN(C/C=C/c2ccc(F)cc2)C1. The molecule has 0 N–H and O–H groups in total. The molecular weight excluding hydrogens is 253 g/mol. The topological polar surface area (TPSA) is 12.5 Å². The molecule has 1 unspecified atom stereocenters. The van der Waals surface area contributed by atoms with Gasteiger partial charge in [-0.25, -0.2) is 4.39 Å². The van der Waals surface area contributed by atoms with Crippen LogP contribution >= 0.6 is 0 Å². The summed E-state index contributed by atoms with van der Waals surface area (Å²) >= 11 is 0. The number of rotatable bonds is 6. The lowest BCUT2D eigenvalue weighted by atomic mass is 9.95. The molecule has 1 aliphatic heterocycles. The van der Waals surface area contributed by atoms with Gasteiger partial charge >= 0.3 is 0 Å². The van der Waals surface area contributed by atoms with Crippen molar-refractivity contribution in [3.63, 3.8) is 0 Å². The number of nitrogens with zero attached hydrogens (tertiary/aromatic N) is 1. The quantitative estimate of drug-likeness (QED) is 0.788. The van der Waals surface area contributed by atoms with Gasteiger partial charge in [0, 0.05) is 26.8 Å². The van der Waals surface area contributed by atoms with Crippen molar-refractivity contribution in [1.29, 1.82) is 0 Å². The maximum Gasteiger partial charge on any atom is 0.123 e. The third-order valence-electron chi connectivity index (χ3n) is 3.88. The van der Waals surface area contributed by atoms with E-state index in [0.29, 0.717) is 0 Å². The molecule has 1 fully saturated rings. The number of likely N-dealkylation sites (tertiary alicyclic amines) is 1. The lowest BCUT2D eigenvalue weighted by molar-refractivity contribution is 0.134. The van der Waals surface area contributed by atoms with Crippen LogP contribution in [0.2, 0.25) is 0 Å². The first-order chi connectivity index (χ1) is 9.78. The molecule has 2 nitrogen and oxygen atoms in total. The Kier molecular flexibility index (Phi) is 6.22. The van der Waals surface area contributed by atoms with Crippen molar-refractivity contribution in [2.75, 3.05) is 33.4 Å². The van der Waals surface area contributed by atoms with Gasteiger partial charge in [-0.15, -0.1) is 0 Å². The van der Waals surface area contributed by atoms with E-state index in [1.807, 2.05) is 12.1 Å². The minimum Gasteiger partial charge on any atom is -0.385 e. The summed E-state index contributed by atoms with van der Waals surface area (Å²) in [5, 5.41) is 0. The first-order valence-electron chi connectivity index (χ1n) is 7.41. The molecule has 1 aliphatic rings. The second kappa shape index (κ2) is 8.18. The Morgan fingerprint density at radius 3 is 2.90 bits per heavy atom. The van der Waals surface area contributed by atoms with Crippen molar-refractivity contribution in [2.24, 2.45) is 5.92 Å². The van der Waals surface area contributed by atoms with Crippen LogP contribution in [0.15, 0.2) is 30.3 Å². The highest BCUT2D eigenvalue weighted by molar-refractivity contribution is 5.48. The summed E-state index contributed by atoms with van der Waals surface area (Å²) in [5.41, 5.74) is 1.05. The van der Waals surface area contributed by atoms with Gasteiger partial charge in [-0.3, -0.25) is 4.90 Å². The fourth-order valence-electron chi connectivity index (χ4n) is 2.75. The molecule has 0 aliphatic carbocycles. The van der Waals surface area contributed by atoms with Crippen LogP contribution in [0.3, 0.4) is 0 Å². The molecule has 0 bridgehead atoms. The van der Waals surface area contributed by atoms with Gasteiger partial charge < -0.3 is 4.74 Å². The van der Waals surface area contributed by atoms with Crippen LogP contribution in [0.25, 0.3) is 6.08 Å². The van der Waals surface area contributed by atoms with E-state index in [2.05, 4.69) is 17.1 Å². The van der Waals surface area contributed by atoms with Crippen LogP contribution in [0.4, 0.5) is 4.39 Å². The summed E-state index contributed by atoms with van der Waals surface area (Å²) < 4.78 is 18.0. The smallest absolute Gasteiger partial charge is 0.123 e. The lowest BCUT2D eigenvalue weighted by Crippen LogP contribution is -2.35. The van der Waals surface area contributed by atoms with Crippen LogP contribution in [-0.4, -0.2) is 38.3 Å². The average Bonchev–Trinajstić information content (AvgIpc) is 2.48. The van der Waals surface area contributed by atoms with Gasteiger partial charge in [0.2, 0.25) is 0 Å². The average molecular weight is 277 g/mol. The number of piperidine rings is 1. The minimum atomic E-state index is -0.181. The maximum atomic E-state index is 12.8. The molecule has 0 radical (unpaired) electrons. The first-order valence-corrected chi connectivity index (χ1v) is 7.41. The van der Waals surface area contributed by atoms with Gasteiger partial charge in [0.25, 0.3) is 0 Å². The van der Waals surface area contributed by atoms with E-state index >= 15 is 0 Å². The minimum absolute atomic E-state index is 0.181. The highest BCUT2D eigenvalue weighted by Crippen LogP contribution is 2.19. The molecule has 110 valence electrons. The predicted molar refractivity (Wildman–Crippen MR) is 81.1 cm³/mol. The Bertz CT molecular complexity index is 416.